The quantitative estimate of drug-likeness (QED) is 0.655. The van der Waals surface area contributed by atoms with E-state index >= 15 is 0 Å². The molecule has 0 radical (unpaired) electrons. The SMILES string of the molecule is CC(O)(COCc1ccccc1)OC(=O)c1ccccc1. The lowest BCUT2D eigenvalue weighted by molar-refractivity contribution is -0.188. The molecule has 1 N–H and O–H groups in total. The molecule has 0 aromatic heterocycles. The normalized spacial score (nSPS) is 13.4. The smallest absolute Gasteiger partial charge is 0.340 e. The van der Waals surface area contributed by atoms with Gasteiger partial charge in [0.2, 0.25) is 5.79 Å². The molecule has 4 heteroatoms. The highest BCUT2D eigenvalue weighted by Gasteiger charge is 2.26. The highest BCUT2D eigenvalue weighted by Crippen LogP contribution is 2.12. The van der Waals surface area contributed by atoms with Crippen LogP contribution in [0.4, 0.5) is 0 Å². The predicted molar refractivity (Wildman–Crippen MR) is 78.6 cm³/mol. The molecule has 110 valence electrons. The van der Waals surface area contributed by atoms with Gasteiger partial charge < -0.3 is 14.6 Å². The van der Waals surface area contributed by atoms with Crippen molar-refractivity contribution >= 4 is 5.97 Å². The molecule has 0 heterocycles. The summed E-state index contributed by atoms with van der Waals surface area (Å²) in [5, 5.41) is 10.1. The third-order valence-electron chi connectivity index (χ3n) is 2.80. The van der Waals surface area contributed by atoms with Crippen LogP contribution in [0.25, 0.3) is 0 Å². The summed E-state index contributed by atoms with van der Waals surface area (Å²) in [7, 11) is 0. The van der Waals surface area contributed by atoms with Crippen molar-refractivity contribution in [2.45, 2.75) is 19.3 Å². The Kier molecular flexibility index (Phi) is 5.09. The van der Waals surface area contributed by atoms with E-state index in [0.29, 0.717) is 12.2 Å². The molecule has 2 aromatic carbocycles. The van der Waals surface area contributed by atoms with Crippen LogP contribution in [0.15, 0.2) is 60.7 Å². The fraction of sp³-hybridized carbons (Fsp3) is 0.235. The van der Waals surface area contributed by atoms with Crippen LogP contribution in [0, 0.1) is 0 Å². The lowest BCUT2D eigenvalue weighted by Crippen LogP contribution is -2.36. The Morgan fingerprint density at radius 3 is 2.24 bits per heavy atom. The van der Waals surface area contributed by atoms with Gasteiger partial charge in [-0.3, -0.25) is 0 Å². The first-order valence-electron chi connectivity index (χ1n) is 6.69. The number of benzene rings is 2. The summed E-state index contributed by atoms with van der Waals surface area (Å²) in [6.07, 6.45) is 0. The monoisotopic (exact) mass is 286 g/mol. The Bertz CT molecular complexity index is 564. The average Bonchev–Trinajstić information content (AvgIpc) is 2.48. The Balaban J connectivity index is 1.83. The van der Waals surface area contributed by atoms with Crippen molar-refractivity contribution in [1.29, 1.82) is 0 Å². The molecule has 1 atom stereocenters. The van der Waals surface area contributed by atoms with E-state index in [1.54, 1.807) is 30.3 Å². The van der Waals surface area contributed by atoms with Gasteiger partial charge in [0.05, 0.1) is 12.2 Å². The van der Waals surface area contributed by atoms with Gasteiger partial charge in [0.25, 0.3) is 0 Å². The summed E-state index contributed by atoms with van der Waals surface area (Å²) in [6, 6.07) is 18.1. The third-order valence-corrected chi connectivity index (χ3v) is 2.80. The van der Waals surface area contributed by atoms with E-state index in [4.69, 9.17) is 9.47 Å². The Labute approximate surface area is 123 Å². The van der Waals surface area contributed by atoms with Crippen LogP contribution in [0.3, 0.4) is 0 Å². The van der Waals surface area contributed by atoms with Crippen molar-refractivity contribution in [1.82, 2.24) is 0 Å². The van der Waals surface area contributed by atoms with Crippen molar-refractivity contribution in [3.8, 4) is 0 Å². The first-order chi connectivity index (χ1) is 10.1. The zero-order chi connectivity index (χ0) is 15.1. The molecule has 0 aliphatic heterocycles. The summed E-state index contributed by atoms with van der Waals surface area (Å²) >= 11 is 0. The van der Waals surface area contributed by atoms with Gasteiger partial charge in [0.1, 0.15) is 6.61 Å². The minimum absolute atomic E-state index is 0.0968. The number of esters is 1. The largest absolute Gasteiger partial charge is 0.427 e. The molecule has 0 amide bonds. The van der Waals surface area contributed by atoms with Crippen LogP contribution >= 0.6 is 0 Å². The number of ether oxygens (including phenoxy) is 2. The van der Waals surface area contributed by atoms with E-state index in [1.165, 1.54) is 6.92 Å². The molecule has 0 saturated heterocycles. The van der Waals surface area contributed by atoms with Gasteiger partial charge in [-0.15, -0.1) is 0 Å². The molecular formula is C17H18O4. The summed E-state index contributed by atoms with van der Waals surface area (Å²) in [6.45, 7) is 1.65. The molecule has 0 fully saturated rings. The van der Waals surface area contributed by atoms with Gasteiger partial charge in [0.15, 0.2) is 0 Å². The lowest BCUT2D eigenvalue weighted by atomic mass is 10.2. The fourth-order valence-corrected chi connectivity index (χ4v) is 1.79. The van der Waals surface area contributed by atoms with Crippen molar-refractivity contribution in [2.75, 3.05) is 6.61 Å². The van der Waals surface area contributed by atoms with Gasteiger partial charge in [-0.05, 0) is 17.7 Å². The average molecular weight is 286 g/mol. The van der Waals surface area contributed by atoms with Gasteiger partial charge in [-0.1, -0.05) is 48.5 Å². The van der Waals surface area contributed by atoms with E-state index in [1.807, 2.05) is 30.3 Å². The fourth-order valence-electron chi connectivity index (χ4n) is 1.79. The first kappa shape index (κ1) is 15.2. The number of rotatable bonds is 6. The lowest BCUT2D eigenvalue weighted by Gasteiger charge is -2.23. The molecular weight excluding hydrogens is 268 g/mol. The standard InChI is InChI=1S/C17H18O4/c1-17(19,13-20-12-14-8-4-2-5-9-14)21-16(18)15-10-6-3-7-11-15/h2-11,19H,12-13H2,1H3. The minimum atomic E-state index is -1.66. The first-order valence-corrected chi connectivity index (χ1v) is 6.69. The summed E-state index contributed by atoms with van der Waals surface area (Å²) < 4.78 is 10.4. The van der Waals surface area contributed by atoms with Crippen molar-refractivity contribution in [3.63, 3.8) is 0 Å². The maximum Gasteiger partial charge on any atom is 0.340 e. The third kappa shape index (κ3) is 5.02. The number of hydrogen-bond donors (Lipinski definition) is 1. The van der Waals surface area contributed by atoms with Crippen LogP contribution in [0.5, 0.6) is 0 Å². The second-order valence-electron chi connectivity index (χ2n) is 4.91. The molecule has 2 aromatic rings. The van der Waals surface area contributed by atoms with Gasteiger partial charge >= 0.3 is 5.97 Å². The number of carbonyl (C=O) groups is 1. The van der Waals surface area contributed by atoms with Gasteiger partial charge in [0, 0.05) is 6.92 Å². The van der Waals surface area contributed by atoms with Crippen LogP contribution in [-0.4, -0.2) is 23.5 Å². The maximum absolute atomic E-state index is 11.9. The highest BCUT2D eigenvalue weighted by atomic mass is 16.7. The second kappa shape index (κ2) is 7.02. The molecule has 0 aliphatic carbocycles. The summed E-state index contributed by atoms with van der Waals surface area (Å²) in [4.78, 5) is 11.9. The minimum Gasteiger partial charge on any atom is -0.427 e. The number of hydrogen-bond acceptors (Lipinski definition) is 4. The number of carbonyl (C=O) groups excluding carboxylic acids is 1. The zero-order valence-electron chi connectivity index (χ0n) is 11.9. The molecule has 21 heavy (non-hydrogen) atoms. The molecule has 1 unspecified atom stereocenters. The highest BCUT2D eigenvalue weighted by molar-refractivity contribution is 5.89. The van der Waals surface area contributed by atoms with Gasteiger partial charge in [-0.2, -0.15) is 0 Å². The van der Waals surface area contributed by atoms with Crippen molar-refractivity contribution in [3.05, 3.63) is 71.8 Å². The van der Waals surface area contributed by atoms with Crippen LogP contribution in [-0.2, 0) is 16.1 Å². The molecule has 4 nitrogen and oxygen atoms in total. The molecule has 0 aliphatic rings. The second-order valence-corrected chi connectivity index (χ2v) is 4.91. The van der Waals surface area contributed by atoms with Crippen LogP contribution in [0.2, 0.25) is 0 Å². The Hall–Kier alpha value is -2.17. The van der Waals surface area contributed by atoms with Crippen LogP contribution < -0.4 is 0 Å². The predicted octanol–water partition coefficient (Wildman–Crippen LogP) is 2.77. The summed E-state index contributed by atoms with van der Waals surface area (Å²) in [5.41, 5.74) is 1.38. The summed E-state index contributed by atoms with van der Waals surface area (Å²) in [5.74, 6) is -2.24. The van der Waals surface area contributed by atoms with Crippen molar-refractivity contribution < 1.29 is 19.4 Å². The molecule has 0 saturated carbocycles. The zero-order valence-corrected chi connectivity index (χ0v) is 11.9. The van der Waals surface area contributed by atoms with Crippen LogP contribution in [0.1, 0.15) is 22.8 Å². The Morgan fingerprint density at radius 1 is 1.05 bits per heavy atom. The molecule has 2 rings (SSSR count). The maximum atomic E-state index is 11.9. The van der Waals surface area contributed by atoms with E-state index in [-0.39, 0.29) is 6.61 Å². The van der Waals surface area contributed by atoms with Crippen molar-refractivity contribution in [2.24, 2.45) is 0 Å². The Morgan fingerprint density at radius 2 is 1.62 bits per heavy atom. The van der Waals surface area contributed by atoms with E-state index in [9.17, 15) is 9.90 Å². The van der Waals surface area contributed by atoms with E-state index in [0.717, 1.165) is 5.56 Å². The van der Waals surface area contributed by atoms with E-state index < -0.39 is 11.8 Å². The molecule has 0 bridgehead atoms. The topological polar surface area (TPSA) is 55.8 Å². The van der Waals surface area contributed by atoms with E-state index in [2.05, 4.69) is 0 Å². The van der Waals surface area contributed by atoms with Gasteiger partial charge in [-0.25, -0.2) is 4.79 Å². The molecule has 0 spiro atoms. The number of aliphatic hydroxyl groups is 1.